The zero-order chi connectivity index (χ0) is 28.6. The first-order valence-electron chi connectivity index (χ1n) is 13.2. The molecule has 1 unspecified atom stereocenters. The Balaban J connectivity index is 1.13. The number of rotatable bonds is 5. The molecule has 40 heavy (non-hydrogen) atoms. The van der Waals surface area contributed by atoms with E-state index in [1.807, 2.05) is 6.07 Å². The second-order valence-corrected chi connectivity index (χ2v) is 11.9. The van der Waals surface area contributed by atoms with E-state index in [1.165, 1.54) is 6.07 Å². The molecule has 12 heteroatoms. The third-order valence-electron chi connectivity index (χ3n) is 8.75. The minimum absolute atomic E-state index is 0.0499. The summed E-state index contributed by atoms with van der Waals surface area (Å²) in [6.45, 7) is 3.26. The van der Waals surface area contributed by atoms with Crippen molar-refractivity contribution in [1.82, 2.24) is 9.80 Å². The van der Waals surface area contributed by atoms with Crippen LogP contribution in [0.15, 0.2) is 30.3 Å². The predicted molar refractivity (Wildman–Crippen MR) is 139 cm³/mol. The number of fused-ring (bicyclic) bond motifs is 3. The smallest absolute Gasteiger partial charge is 0.417 e. The number of alkyl halides is 3. The van der Waals surface area contributed by atoms with Gasteiger partial charge in [-0.3, -0.25) is 14.5 Å². The summed E-state index contributed by atoms with van der Waals surface area (Å²) in [7, 11) is 0. The molecule has 2 fully saturated rings. The average Bonchev–Trinajstić information content (AvgIpc) is 3.27. The molecule has 2 amide bonds. The molecule has 0 aromatic heterocycles. The van der Waals surface area contributed by atoms with E-state index >= 15 is 0 Å². The number of aliphatic hydroxyl groups excluding tert-OH is 1. The number of anilines is 1. The van der Waals surface area contributed by atoms with Gasteiger partial charge in [-0.2, -0.15) is 13.2 Å². The van der Waals surface area contributed by atoms with Crippen molar-refractivity contribution in [2.24, 2.45) is 0 Å². The monoisotopic (exact) mass is 579 g/mol. The van der Waals surface area contributed by atoms with E-state index in [9.17, 15) is 33.0 Å². The topological polar surface area (TPSA) is 102 Å². The Morgan fingerprint density at radius 1 is 1.15 bits per heavy atom. The van der Waals surface area contributed by atoms with E-state index in [-0.39, 0.29) is 36.7 Å². The Labute approximate surface area is 233 Å². The van der Waals surface area contributed by atoms with Crippen molar-refractivity contribution in [2.75, 3.05) is 31.6 Å². The fraction of sp³-hybridized carbons (Fsp3) is 0.500. The van der Waals surface area contributed by atoms with Gasteiger partial charge in [-0.1, -0.05) is 11.6 Å². The third kappa shape index (κ3) is 4.43. The molecule has 0 radical (unpaired) electrons. The summed E-state index contributed by atoms with van der Waals surface area (Å²) in [5.74, 6) is -1.04. The van der Waals surface area contributed by atoms with Crippen LogP contribution in [0.4, 0.5) is 18.9 Å². The number of amides is 2. The maximum atomic E-state index is 14.0. The van der Waals surface area contributed by atoms with Crippen molar-refractivity contribution in [1.29, 1.82) is 0 Å². The highest BCUT2D eigenvalue weighted by Gasteiger charge is 2.52. The normalized spacial score (nSPS) is 27.4. The number of aliphatic hydroxyl groups is 2. The lowest BCUT2D eigenvalue weighted by atomic mass is 9.73. The molecule has 1 spiro atoms. The number of likely N-dealkylation sites (tertiary alicyclic amines) is 1. The fourth-order valence-corrected chi connectivity index (χ4v) is 6.80. The van der Waals surface area contributed by atoms with Gasteiger partial charge in [0.05, 0.1) is 22.1 Å². The zero-order valence-corrected chi connectivity index (χ0v) is 22.5. The van der Waals surface area contributed by atoms with Crippen LogP contribution in [-0.2, 0) is 16.4 Å². The predicted octanol–water partition coefficient (Wildman–Crippen LogP) is 4.08. The highest BCUT2D eigenvalue weighted by molar-refractivity contribution is 6.31. The van der Waals surface area contributed by atoms with Crippen LogP contribution >= 0.6 is 11.6 Å². The molecule has 1 saturated heterocycles. The fourth-order valence-electron chi connectivity index (χ4n) is 6.63. The minimum Gasteiger partial charge on any atom is -0.492 e. The highest BCUT2D eigenvalue weighted by atomic mass is 35.5. The first-order chi connectivity index (χ1) is 18.8. The van der Waals surface area contributed by atoms with Crippen molar-refractivity contribution in [3.63, 3.8) is 0 Å². The average molecular weight is 580 g/mol. The number of piperidine rings is 1. The second kappa shape index (κ2) is 9.34. The summed E-state index contributed by atoms with van der Waals surface area (Å²) in [6, 6.07) is 6.91. The van der Waals surface area contributed by atoms with Crippen LogP contribution in [0.3, 0.4) is 0 Å². The molecule has 6 rings (SSSR count). The van der Waals surface area contributed by atoms with E-state index in [0.29, 0.717) is 37.5 Å². The Hall–Kier alpha value is -2.86. The first kappa shape index (κ1) is 27.3. The Morgan fingerprint density at radius 3 is 2.50 bits per heavy atom. The molecule has 214 valence electrons. The van der Waals surface area contributed by atoms with Gasteiger partial charge >= 0.3 is 6.18 Å². The molecular formula is C28H29ClF3N3O5. The Morgan fingerprint density at radius 2 is 1.85 bits per heavy atom. The number of hydrogen-bond donors (Lipinski definition) is 3. The van der Waals surface area contributed by atoms with Gasteiger partial charge in [0.25, 0.3) is 5.91 Å². The number of carbonyl (C=O) groups excluding carboxylic acids is 2. The summed E-state index contributed by atoms with van der Waals surface area (Å²) < 4.78 is 47.7. The Kier molecular flexibility index (Phi) is 6.38. The van der Waals surface area contributed by atoms with Crippen molar-refractivity contribution in [2.45, 2.75) is 62.1 Å². The molecule has 1 aliphatic carbocycles. The molecule has 0 bridgehead atoms. The molecule has 8 nitrogen and oxygen atoms in total. The zero-order valence-electron chi connectivity index (χ0n) is 21.7. The van der Waals surface area contributed by atoms with E-state index in [4.69, 9.17) is 16.3 Å². The number of benzene rings is 2. The van der Waals surface area contributed by atoms with Crippen molar-refractivity contribution in [3.05, 3.63) is 57.6 Å². The summed E-state index contributed by atoms with van der Waals surface area (Å²) in [6.07, 6.45) is -4.90. The van der Waals surface area contributed by atoms with Crippen molar-refractivity contribution < 1.29 is 37.7 Å². The van der Waals surface area contributed by atoms with Crippen LogP contribution in [0.1, 0.15) is 65.9 Å². The maximum Gasteiger partial charge on any atom is 0.417 e. The second-order valence-electron chi connectivity index (χ2n) is 11.5. The molecule has 2 aromatic carbocycles. The van der Waals surface area contributed by atoms with Crippen molar-refractivity contribution >= 4 is 29.1 Å². The van der Waals surface area contributed by atoms with Gasteiger partial charge in [-0.25, -0.2) is 0 Å². The molecule has 2 aromatic rings. The highest BCUT2D eigenvalue weighted by Crippen LogP contribution is 2.48. The van der Waals surface area contributed by atoms with Crippen LogP contribution in [0.2, 0.25) is 5.02 Å². The maximum absolute atomic E-state index is 14.0. The number of hydrogen-bond acceptors (Lipinski definition) is 6. The van der Waals surface area contributed by atoms with E-state index < -0.39 is 46.5 Å². The van der Waals surface area contributed by atoms with Gasteiger partial charge in [0.15, 0.2) is 6.23 Å². The van der Waals surface area contributed by atoms with Gasteiger partial charge in [0, 0.05) is 28.9 Å². The summed E-state index contributed by atoms with van der Waals surface area (Å²) in [4.78, 5) is 28.9. The number of carbonyl (C=O) groups is 2. The Bertz CT molecular complexity index is 1380. The lowest BCUT2D eigenvalue weighted by molar-refractivity contribution is -0.138. The minimum atomic E-state index is -4.83. The number of ether oxygens (including phenoxy) is 1. The molecule has 3 N–H and O–H groups in total. The third-order valence-corrected chi connectivity index (χ3v) is 8.98. The number of nitrogens with one attached hydrogen (secondary N) is 1. The lowest BCUT2D eigenvalue weighted by Gasteiger charge is -2.46. The quantitative estimate of drug-likeness (QED) is 0.493. The standard InChI is InChI=1S/C28H29ClF3N3O5/c1-26(39)13-16(14-26)35-23(36)18-11-17(12-20(28(30,31)32)22(18)24(35)37)40-9-8-34-6-4-27(5-7-34)19-10-15(29)2-3-21(19)33-25(27)38/h2-3,10-12,16,23,36,39H,4-9,13-14H2,1H3,(H,33,38). The SMILES string of the molecule is CC1(O)CC(N2C(=O)c3c(cc(OCCN4CCC5(CC4)C(=O)Nc4ccc(Cl)cc45)cc3C(F)(F)F)C2O)C1. The summed E-state index contributed by atoms with van der Waals surface area (Å²) >= 11 is 6.18. The number of halogens is 4. The van der Waals surface area contributed by atoms with E-state index in [1.54, 1.807) is 19.1 Å². The molecule has 1 saturated carbocycles. The largest absolute Gasteiger partial charge is 0.492 e. The molecule has 1 atom stereocenters. The van der Waals surface area contributed by atoms with Crippen LogP contribution < -0.4 is 10.1 Å². The summed E-state index contributed by atoms with van der Waals surface area (Å²) in [5.41, 5.74) is -1.88. The van der Waals surface area contributed by atoms with Crippen LogP contribution in [0, 0.1) is 0 Å². The van der Waals surface area contributed by atoms with Gasteiger partial charge in [0.1, 0.15) is 12.4 Å². The van der Waals surface area contributed by atoms with E-state index in [2.05, 4.69) is 10.2 Å². The van der Waals surface area contributed by atoms with Crippen molar-refractivity contribution in [3.8, 4) is 5.75 Å². The van der Waals surface area contributed by atoms with Crippen LogP contribution in [0.25, 0.3) is 0 Å². The number of nitrogens with zero attached hydrogens (tertiary/aromatic N) is 2. The van der Waals surface area contributed by atoms with E-state index in [0.717, 1.165) is 22.2 Å². The van der Waals surface area contributed by atoms with Crippen LogP contribution in [-0.4, -0.2) is 69.7 Å². The van der Waals surface area contributed by atoms with Gasteiger partial charge in [0.2, 0.25) is 5.91 Å². The molecule has 4 aliphatic rings. The van der Waals surface area contributed by atoms with Gasteiger partial charge in [-0.05, 0) is 81.6 Å². The molecule has 3 aliphatic heterocycles. The lowest BCUT2D eigenvalue weighted by Crippen LogP contribution is -2.54. The summed E-state index contributed by atoms with van der Waals surface area (Å²) in [5, 5.41) is 24.4. The van der Waals surface area contributed by atoms with Gasteiger partial charge < -0.3 is 25.2 Å². The van der Waals surface area contributed by atoms with Crippen LogP contribution in [0.5, 0.6) is 5.75 Å². The first-order valence-corrected chi connectivity index (χ1v) is 13.6. The van der Waals surface area contributed by atoms with Gasteiger partial charge in [-0.15, -0.1) is 0 Å². The molecular weight excluding hydrogens is 551 g/mol. The molecule has 3 heterocycles.